The van der Waals surface area contributed by atoms with Gasteiger partial charge in [0.15, 0.2) is 0 Å². The number of pyridine rings is 1. The zero-order chi connectivity index (χ0) is 17.1. The first-order chi connectivity index (χ1) is 11.6. The minimum Gasteiger partial charge on any atom is -0.383 e. The highest BCUT2D eigenvalue weighted by Gasteiger charge is 2.19. The van der Waals surface area contributed by atoms with E-state index in [1.165, 1.54) is 6.07 Å². The van der Waals surface area contributed by atoms with Crippen LogP contribution in [0.15, 0.2) is 48.7 Å². The summed E-state index contributed by atoms with van der Waals surface area (Å²) in [5, 5.41) is 0. The van der Waals surface area contributed by atoms with Crippen LogP contribution in [-0.2, 0) is 6.54 Å². The molecule has 0 unspecified atom stereocenters. The summed E-state index contributed by atoms with van der Waals surface area (Å²) in [5.41, 5.74) is 8.73. The number of hydrogen-bond acceptors (Lipinski definition) is 5. The number of rotatable bonds is 4. The maximum atomic E-state index is 14.4. The lowest BCUT2D eigenvalue weighted by Crippen LogP contribution is -2.22. The van der Waals surface area contributed by atoms with Crippen LogP contribution in [-0.4, -0.2) is 15.0 Å². The normalized spacial score (nSPS) is 10.6. The fraction of sp³-hybridized carbons (Fsp3) is 0.167. The number of aryl methyl sites for hydroxylation is 1. The van der Waals surface area contributed by atoms with Gasteiger partial charge in [-0.1, -0.05) is 18.2 Å². The SMILES string of the molecule is Cc1nc(N(Cc2ccccn2)c2ccccc2F)nc(N)c1C. The van der Waals surface area contributed by atoms with Crippen LogP contribution < -0.4 is 10.6 Å². The van der Waals surface area contributed by atoms with Crippen molar-refractivity contribution in [1.29, 1.82) is 0 Å². The highest BCUT2D eigenvalue weighted by atomic mass is 19.1. The molecule has 0 radical (unpaired) electrons. The molecule has 2 N–H and O–H groups in total. The maximum absolute atomic E-state index is 14.4. The number of para-hydroxylation sites is 1. The molecule has 24 heavy (non-hydrogen) atoms. The molecular formula is C18H18FN5. The summed E-state index contributed by atoms with van der Waals surface area (Å²) >= 11 is 0. The predicted octanol–water partition coefficient (Wildman–Crippen LogP) is 3.55. The van der Waals surface area contributed by atoms with Crippen LogP contribution in [0.25, 0.3) is 0 Å². The lowest BCUT2D eigenvalue weighted by molar-refractivity contribution is 0.623. The van der Waals surface area contributed by atoms with Gasteiger partial charge < -0.3 is 10.6 Å². The van der Waals surface area contributed by atoms with E-state index in [-0.39, 0.29) is 5.82 Å². The quantitative estimate of drug-likeness (QED) is 0.795. The molecule has 122 valence electrons. The molecule has 0 atom stereocenters. The third-order valence-electron chi connectivity index (χ3n) is 3.85. The van der Waals surface area contributed by atoms with Crippen LogP contribution in [0.2, 0.25) is 0 Å². The van der Waals surface area contributed by atoms with Crippen molar-refractivity contribution in [3.63, 3.8) is 0 Å². The number of anilines is 3. The van der Waals surface area contributed by atoms with E-state index in [0.717, 1.165) is 17.0 Å². The van der Waals surface area contributed by atoms with E-state index in [1.54, 1.807) is 29.3 Å². The zero-order valence-corrected chi connectivity index (χ0v) is 13.6. The number of benzene rings is 1. The molecule has 3 rings (SSSR count). The van der Waals surface area contributed by atoms with E-state index in [4.69, 9.17) is 5.73 Å². The highest BCUT2D eigenvalue weighted by Crippen LogP contribution is 2.28. The van der Waals surface area contributed by atoms with Gasteiger partial charge in [-0.25, -0.2) is 9.37 Å². The van der Waals surface area contributed by atoms with Crippen molar-refractivity contribution in [3.05, 3.63) is 71.4 Å². The molecule has 3 aromatic rings. The summed E-state index contributed by atoms with van der Waals surface area (Å²) in [5.74, 6) is 0.389. The Labute approximate surface area is 140 Å². The van der Waals surface area contributed by atoms with E-state index in [1.807, 2.05) is 32.0 Å². The van der Waals surface area contributed by atoms with Crippen LogP contribution >= 0.6 is 0 Å². The summed E-state index contributed by atoms with van der Waals surface area (Å²) < 4.78 is 14.4. The molecule has 2 aromatic heterocycles. The summed E-state index contributed by atoms with van der Waals surface area (Å²) in [4.78, 5) is 14.8. The van der Waals surface area contributed by atoms with Gasteiger partial charge >= 0.3 is 0 Å². The molecule has 0 aliphatic heterocycles. The average molecular weight is 323 g/mol. The molecule has 0 saturated heterocycles. The third kappa shape index (κ3) is 3.17. The van der Waals surface area contributed by atoms with Gasteiger partial charge in [0.1, 0.15) is 11.6 Å². The Morgan fingerprint density at radius 2 is 1.79 bits per heavy atom. The molecular weight excluding hydrogens is 305 g/mol. The number of halogens is 1. The van der Waals surface area contributed by atoms with Gasteiger partial charge in [0, 0.05) is 17.5 Å². The first-order valence-corrected chi connectivity index (χ1v) is 7.59. The van der Waals surface area contributed by atoms with Gasteiger partial charge in [-0.3, -0.25) is 4.98 Å². The van der Waals surface area contributed by atoms with E-state index >= 15 is 0 Å². The standard InChI is InChI=1S/C18H18FN5/c1-12-13(2)22-18(23-17(12)20)24(11-14-7-5-6-10-21-14)16-9-4-3-8-15(16)19/h3-10H,11H2,1-2H3,(H2,20,22,23). The summed E-state index contributed by atoms with van der Waals surface area (Å²) in [6, 6.07) is 12.1. The molecule has 0 spiro atoms. The number of hydrogen-bond donors (Lipinski definition) is 1. The second kappa shape index (κ2) is 6.62. The van der Waals surface area contributed by atoms with E-state index in [9.17, 15) is 4.39 Å². The zero-order valence-electron chi connectivity index (χ0n) is 13.6. The number of nitrogens with zero attached hydrogens (tertiary/aromatic N) is 4. The second-order valence-electron chi connectivity index (χ2n) is 5.48. The van der Waals surface area contributed by atoms with E-state index < -0.39 is 0 Å². The van der Waals surface area contributed by atoms with Crippen molar-refractivity contribution >= 4 is 17.5 Å². The third-order valence-corrected chi connectivity index (χ3v) is 3.85. The summed E-state index contributed by atoms with van der Waals surface area (Å²) in [6.07, 6.45) is 1.70. The van der Waals surface area contributed by atoms with Gasteiger partial charge in [-0.05, 0) is 38.1 Å². The van der Waals surface area contributed by atoms with Gasteiger partial charge in [-0.15, -0.1) is 0 Å². The van der Waals surface area contributed by atoms with Crippen molar-refractivity contribution < 1.29 is 4.39 Å². The molecule has 0 aliphatic rings. The fourth-order valence-electron chi connectivity index (χ4n) is 2.34. The molecule has 0 saturated carbocycles. The van der Waals surface area contributed by atoms with Gasteiger partial charge in [0.25, 0.3) is 0 Å². The van der Waals surface area contributed by atoms with Crippen LogP contribution in [0, 0.1) is 19.7 Å². The van der Waals surface area contributed by atoms with Crippen molar-refractivity contribution in [2.45, 2.75) is 20.4 Å². The Morgan fingerprint density at radius 1 is 1.04 bits per heavy atom. The number of nitrogens with two attached hydrogens (primary N) is 1. The molecule has 0 bridgehead atoms. The molecule has 2 heterocycles. The minimum absolute atomic E-state index is 0.337. The first-order valence-electron chi connectivity index (χ1n) is 7.59. The minimum atomic E-state index is -0.353. The monoisotopic (exact) mass is 323 g/mol. The Morgan fingerprint density at radius 3 is 2.46 bits per heavy atom. The molecule has 5 nitrogen and oxygen atoms in total. The number of nitrogen functional groups attached to an aromatic ring is 1. The first kappa shape index (κ1) is 15.9. The van der Waals surface area contributed by atoms with Crippen LogP contribution in [0.3, 0.4) is 0 Å². The van der Waals surface area contributed by atoms with E-state index in [0.29, 0.717) is 24.0 Å². The van der Waals surface area contributed by atoms with Crippen molar-refractivity contribution in [2.24, 2.45) is 0 Å². The largest absolute Gasteiger partial charge is 0.383 e. The van der Waals surface area contributed by atoms with Crippen molar-refractivity contribution in [1.82, 2.24) is 15.0 Å². The highest BCUT2D eigenvalue weighted by molar-refractivity contribution is 5.60. The Kier molecular flexibility index (Phi) is 4.37. The smallest absolute Gasteiger partial charge is 0.232 e. The predicted molar refractivity (Wildman–Crippen MR) is 92.4 cm³/mol. The second-order valence-corrected chi connectivity index (χ2v) is 5.48. The summed E-state index contributed by atoms with van der Waals surface area (Å²) in [7, 11) is 0. The topological polar surface area (TPSA) is 67.9 Å². The van der Waals surface area contributed by atoms with Crippen molar-refractivity contribution in [3.8, 4) is 0 Å². The lowest BCUT2D eigenvalue weighted by Gasteiger charge is -2.24. The maximum Gasteiger partial charge on any atom is 0.232 e. The lowest BCUT2D eigenvalue weighted by atomic mass is 10.2. The van der Waals surface area contributed by atoms with Crippen LogP contribution in [0.1, 0.15) is 17.0 Å². The Balaban J connectivity index is 2.10. The Bertz CT molecular complexity index is 828. The molecule has 0 aliphatic carbocycles. The van der Waals surface area contributed by atoms with Gasteiger partial charge in [0.2, 0.25) is 5.95 Å². The average Bonchev–Trinajstić information content (AvgIpc) is 2.59. The summed E-state index contributed by atoms with van der Waals surface area (Å²) in [6.45, 7) is 4.06. The number of aromatic nitrogens is 3. The molecule has 0 amide bonds. The molecule has 0 fully saturated rings. The van der Waals surface area contributed by atoms with Crippen molar-refractivity contribution in [2.75, 3.05) is 10.6 Å². The van der Waals surface area contributed by atoms with Gasteiger partial charge in [0.05, 0.1) is 17.9 Å². The van der Waals surface area contributed by atoms with E-state index in [2.05, 4.69) is 15.0 Å². The van der Waals surface area contributed by atoms with Gasteiger partial charge in [-0.2, -0.15) is 4.98 Å². The fourth-order valence-corrected chi connectivity index (χ4v) is 2.34. The molecule has 1 aromatic carbocycles. The van der Waals surface area contributed by atoms with Crippen LogP contribution in [0.4, 0.5) is 21.8 Å². The van der Waals surface area contributed by atoms with Crippen LogP contribution in [0.5, 0.6) is 0 Å². The Hall–Kier alpha value is -3.02. The molecule has 6 heteroatoms.